The Kier molecular flexibility index (Phi) is 6.65. The molecule has 0 N–H and O–H groups in total. The normalized spacial score (nSPS) is 12.1. The van der Waals surface area contributed by atoms with E-state index in [0.29, 0.717) is 13.2 Å². The van der Waals surface area contributed by atoms with Crippen molar-refractivity contribution in [1.29, 1.82) is 5.26 Å². The maximum atomic E-state index is 9.09. The van der Waals surface area contributed by atoms with Crippen LogP contribution >= 0.6 is 0 Å². The van der Waals surface area contributed by atoms with Gasteiger partial charge in [-0.05, 0) is 12.8 Å². The molecule has 0 bridgehead atoms. The Morgan fingerprint density at radius 1 is 1.26 bits per heavy atom. The van der Waals surface area contributed by atoms with Gasteiger partial charge in [0.25, 0.3) is 0 Å². The van der Waals surface area contributed by atoms with Crippen molar-refractivity contribution in [2.45, 2.75) is 26.7 Å². The molecule has 19 heavy (non-hydrogen) atoms. The Labute approximate surface area is 111 Å². The molecule has 0 radical (unpaired) electrons. The van der Waals surface area contributed by atoms with Crippen molar-refractivity contribution in [1.82, 2.24) is 14.8 Å². The zero-order valence-electron chi connectivity index (χ0n) is 11.0. The van der Waals surface area contributed by atoms with Crippen molar-refractivity contribution >= 4 is 11.5 Å². The minimum atomic E-state index is -0.0185. The van der Waals surface area contributed by atoms with E-state index in [1.165, 1.54) is 17.3 Å². The third kappa shape index (κ3) is 4.75. The van der Waals surface area contributed by atoms with Crippen LogP contribution in [0.4, 0.5) is 0 Å². The summed E-state index contributed by atoms with van der Waals surface area (Å²) in [4.78, 5) is 13.9. The first-order chi connectivity index (χ1) is 9.33. The second-order valence-electron chi connectivity index (χ2n) is 3.47. The standard InChI is InChI=1S/C11H16N6O2/c1-3-5-18-15-10(7-12)11(16-19-6-4-2)17-9-13-8-14-17/h8-9H,3-6H2,1-2H3/b15-10-,16-11+. The topological polar surface area (TPSA) is 97.7 Å². The van der Waals surface area contributed by atoms with Crippen molar-refractivity contribution in [3.63, 3.8) is 0 Å². The Balaban J connectivity index is 2.91. The van der Waals surface area contributed by atoms with Gasteiger partial charge >= 0.3 is 0 Å². The van der Waals surface area contributed by atoms with Crippen LogP contribution in [0.5, 0.6) is 0 Å². The molecule has 0 unspecified atom stereocenters. The van der Waals surface area contributed by atoms with Gasteiger partial charge in [-0.2, -0.15) is 15.0 Å². The third-order valence-corrected chi connectivity index (χ3v) is 1.85. The lowest BCUT2D eigenvalue weighted by molar-refractivity contribution is 0.141. The lowest BCUT2D eigenvalue weighted by atomic mass is 10.4. The number of hydrogen-bond acceptors (Lipinski definition) is 7. The van der Waals surface area contributed by atoms with E-state index in [9.17, 15) is 0 Å². The Bertz CT molecular complexity index is 460. The number of aromatic nitrogens is 3. The van der Waals surface area contributed by atoms with Crippen LogP contribution in [-0.2, 0) is 9.68 Å². The SMILES string of the molecule is CCCO/N=C(C#N)\C(=N/OCCC)n1cncn1. The van der Waals surface area contributed by atoms with Crippen LogP contribution in [0.3, 0.4) is 0 Å². The lowest BCUT2D eigenvalue weighted by Gasteiger charge is -2.03. The van der Waals surface area contributed by atoms with E-state index in [1.807, 2.05) is 19.9 Å². The quantitative estimate of drug-likeness (QED) is 0.318. The molecule has 0 atom stereocenters. The molecule has 102 valence electrons. The summed E-state index contributed by atoms with van der Waals surface area (Å²) in [7, 11) is 0. The summed E-state index contributed by atoms with van der Waals surface area (Å²) in [5, 5.41) is 20.6. The van der Waals surface area contributed by atoms with Crippen LogP contribution in [0.2, 0.25) is 0 Å². The van der Waals surface area contributed by atoms with Gasteiger partial charge in [0, 0.05) is 0 Å². The zero-order valence-corrected chi connectivity index (χ0v) is 11.0. The molecule has 0 aliphatic rings. The van der Waals surface area contributed by atoms with Gasteiger partial charge in [0.15, 0.2) is 0 Å². The zero-order chi connectivity index (χ0) is 13.9. The van der Waals surface area contributed by atoms with Crippen molar-refractivity contribution < 1.29 is 9.68 Å². The number of oxime groups is 2. The average molecular weight is 264 g/mol. The van der Waals surface area contributed by atoms with Crippen molar-refractivity contribution in [3.8, 4) is 6.07 Å². The monoisotopic (exact) mass is 264 g/mol. The summed E-state index contributed by atoms with van der Waals surface area (Å²) in [5.41, 5.74) is -0.0185. The summed E-state index contributed by atoms with van der Waals surface area (Å²) in [6, 6.07) is 1.90. The van der Waals surface area contributed by atoms with Crippen LogP contribution in [0.25, 0.3) is 0 Å². The first kappa shape index (κ1) is 14.6. The van der Waals surface area contributed by atoms with Gasteiger partial charge < -0.3 is 9.68 Å². The molecular formula is C11H16N6O2. The summed E-state index contributed by atoms with van der Waals surface area (Å²) in [6.45, 7) is 4.75. The van der Waals surface area contributed by atoms with Crippen LogP contribution in [0.1, 0.15) is 26.7 Å². The van der Waals surface area contributed by atoms with E-state index >= 15 is 0 Å². The first-order valence-corrected chi connectivity index (χ1v) is 5.98. The second kappa shape index (κ2) is 8.63. The molecule has 0 amide bonds. The molecule has 1 aromatic heterocycles. The molecule has 0 aliphatic heterocycles. The van der Waals surface area contributed by atoms with E-state index in [4.69, 9.17) is 14.9 Å². The van der Waals surface area contributed by atoms with E-state index in [0.717, 1.165) is 12.8 Å². The number of hydrogen-bond donors (Lipinski definition) is 0. The summed E-state index contributed by atoms with van der Waals surface area (Å²) in [5.74, 6) is 0.143. The summed E-state index contributed by atoms with van der Waals surface area (Å²) in [6.07, 6.45) is 4.34. The summed E-state index contributed by atoms with van der Waals surface area (Å²) < 4.78 is 1.30. The Hall–Kier alpha value is -2.43. The molecular weight excluding hydrogens is 248 g/mol. The maximum Gasteiger partial charge on any atom is 0.234 e. The van der Waals surface area contributed by atoms with E-state index in [1.54, 1.807) is 0 Å². The Morgan fingerprint density at radius 2 is 1.95 bits per heavy atom. The Morgan fingerprint density at radius 3 is 2.47 bits per heavy atom. The van der Waals surface area contributed by atoms with Gasteiger partial charge in [-0.1, -0.05) is 24.2 Å². The largest absolute Gasteiger partial charge is 0.395 e. The van der Waals surface area contributed by atoms with Gasteiger partial charge in [-0.15, -0.1) is 0 Å². The molecule has 0 saturated heterocycles. The van der Waals surface area contributed by atoms with Gasteiger partial charge in [0.05, 0.1) is 0 Å². The molecule has 1 aromatic rings. The molecule has 0 aromatic carbocycles. The fraction of sp³-hybridized carbons (Fsp3) is 0.545. The van der Waals surface area contributed by atoms with Gasteiger partial charge in [-0.25, -0.2) is 4.98 Å². The highest BCUT2D eigenvalue weighted by Gasteiger charge is 2.14. The van der Waals surface area contributed by atoms with Gasteiger partial charge in [0.2, 0.25) is 11.5 Å². The van der Waals surface area contributed by atoms with Crippen LogP contribution in [-0.4, -0.2) is 39.5 Å². The predicted molar refractivity (Wildman–Crippen MR) is 68.4 cm³/mol. The molecule has 1 heterocycles. The van der Waals surface area contributed by atoms with Crippen molar-refractivity contribution in [2.24, 2.45) is 10.3 Å². The highest BCUT2D eigenvalue weighted by molar-refractivity contribution is 6.47. The minimum absolute atomic E-state index is 0.0185. The van der Waals surface area contributed by atoms with Crippen LogP contribution in [0.15, 0.2) is 23.0 Å². The molecule has 0 fully saturated rings. The van der Waals surface area contributed by atoms with Crippen molar-refractivity contribution in [2.75, 3.05) is 13.2 Å². The number of rotatable bonds is 7. The number of nitrogens with zero attached hydrogens (tertiary/aromatic N) is 6. The van der Waals surface area contributed by atoms with Crippen LogP contribution < -0.4 is 0 Å². The fourth-order valence-electron chi connectivity index (χ4n) is 1.02. The third-order valence-electron chi connectivity index (χ3n) is 1.85. The van der Waals surface area contributed by atoms with Crippen LogP contribution in [0, 0.1) is 11.3 Å². The minimum Gasteiger partial charge on any atom is -0.395 e. The molecule has 1 rings (SSSR count). The number of nitriles is 1. The lowest BCUT2D eigenvalue weighted by Crippen LogP contribution is -2.23. The van der Waals surface area contributed by atoms with Crippen molar-refractivity contribution in [3.05, 3.63) is 12.7 Å². The highest BCUT2D eigenvalue weighted by atomic mass is 16.6. The highest BCUT2D eigenvalue weighted by Crippen LogP contribution is 1.94. The molecule has 0 spiro atoms. The van der Waals surface area contributed by atoms with E-state index in [2.05, 4.69) is 20.4 Å². The van der Waals surface area contributed by atoms with Gasteiger partial charge in [-0.3, -0.25) is 0 Å². The average Bonchev–Trinajstić information content (AvgIpc) is 2.95. The van der Waals surface area contributed by atoms with E-state index < -0.39 is 0 Å². The van der Waals surface area contributed by atoms with Gasteiger partial charge in [0.1, 0.15) is 31.9 Å². The molecule has 0 aliphatic carbocycles. The smallest absolute Gasteiger partial charge is 0.234 e. The maximum absolute atomic E-state index is 9.09. The fourth-order valence-corrected chi connectivity index (χ4v) is 1.02. The van der Waals surface area contributed by atoms with E-state index in [-0.39, 0.29) is 11.5 Å². The first-order valence-electron chi connectivity index (χ1n) is 5.98. The molecule has 8 heteroatoms. The molecule has 8 nitrogen and oxygen atoms in total. The summed E-state index contributed by atoms with van der Waals surface area (Å²) >= 11 is 0. The predicted octanol–water partition coefficient (Wildman–Crippen LogP) is 1.17. The molecule has 0 saturated carbocycles. The second-order valence-corrected chi connectivity index (χ2v) is 3.47.